The maximum absolute atomic E-state index is 13.0. The molecule has 0 aliphatic rings. The maximum atomic E-state index is 13.0. The van der Waals surface area contributed by atoms with Gasteiger partial charge in [0, 0.05) is 11.4 Å². The number of aromatic nitrogens is 2. The van der Waals surface area contributed by atoms with Gasteiger partial charge < -0.3 is 10.1 Å². The number of hydrogen-bond donors (Lipinski definition) is 1. The van der Waals surface area contributed by atoms with Gasteiger partial charge in [-0.05, 0) is 66.8 Å². The van der Waals surface area contributed by atoms with E-state index in [1.54, 1.807) is 31.2 Å². The normalized spacial score (nSPS) is 10.6. The standard InChI is InChI=1S/C31H30N4O3/c1-3-5-12-27-19-29(30(36)33-26-11-8-10-24(18-26)31(37)38-4-2)34-35(27)21-22-14-16-23(17-15-22)28-13-7-6-9-25(28)20-32/h6-11,13-19H,3-5,12,21H2,1-2H3,(H,33,36). The molecule has 4 rings (SSSR count). The Kier molecular flexibility index (Phi) is 8.68. The molecule has 0 saturated heterocycles. The minimum Gasteiger partial charge on any atom is -0.462 e. The second kappa shape index (κ2) is 12.5. The molecule has 0 unspecified atom stereocenters. The number of hydrogen-bond acceptors (Lipinski definition) is 5. The molecule has 1 aromatic heterocycles. The van der Waals surface area contributed by atoms with Gasteiger partial charge in [-0.2, -0.15) is 10.4 Å². The highest BCUT2D eigenvalue weighted by molar-refractivity contribution is 6.03. The molecule has 0 bridgehead atoms. The van der Waals surface area contributed by atoms with E-state index in [1.807, 2.05) is 59.3 Å². The maximum Gasteiger partial charge on any atom is 0.338 e. The Hall–Kier alpha value is -4.70. The second-order valence-corrected chi connectivity index (χ2v) is 8.89. The van der Waals surface area contributed by atoms with E-state index in [1.165, 1.54) is 0 Å². The number of amides is 1. The van der Waals surface area contributed by atoms with E-state index >= 15 is 0 Å². The van der Waals surface area contributed by atoms with Crippen LogP contribution in [-0.2, 0) is 17.7 Å². The average molecular weight is 507 g/mol. The van der Waals surface area contributed by atoms with E-state index in [2.05, 4.69) is 23.4 Å². The summed E-state index contributed by atoms with van der Waals surface area (Å²) in [6.07, 6.45) is 2.82. The van der Waals surface area contributed by atoms with E-state index < -0.39 is 5.97 Å². The molecule has 0 spiro atoms. The predicted octanol–water partition coefficient (Wildman–Crippen LogP) is 6.24. The molecule has 3 aromatic carbocycles. The molecule has 0 radical (unpaired) electrons. The van der Waals surface area contributed by atoms with Gasteiger partial charge in [0.15, 0.2) is 5.69 Å². The van der Waals surface area contributed by atoms with Crippen LogP contribution >= 0.6 is 0 Å². The molecule has 0 fully saturated rings. The first kappa shape index (κ1) is 26.4. The Bertz CT molecular complexity index is 1470. The fourth-order valence-corrected chi connectivity index (χ4v) is 4.19. The highest BCUT2D eigenvalue weighted by atomic mass is 16.5. The van der Waals surface area contributed by atoms with Crippen molar-refractivity contribution in [2.45, 2.75) is 39.7 Å². The summed E-state index contributed by atoms with van der Waals surface area (Å²) in [7, 11) is 0. The number of carbonyl (C=O) groups excluding carboxylic acids is 2. The molecule has 1 N–H and O–H groups in total. The van der Waals surface area contributed by atoms with Crippen LogP contribution in [0.3, 0.4) is 0 Å². The van der Waals surface area contributed by atoms with Gasteiger partial charge in [-0.1, -0.05) is 61.9 Å². The molecule has 4 aromatic rings. The monoisotopic (exact) mass is 506 g/mol. The number of rotatable bonds is 10. The Morgan fingerprint density at radius 3 is 2.53 bits per heavy atom. The summed E-state index contributed by atoms with van der Waals surface area (Å²) in [5.41, 5.74) is 5.72. The summed E-state index contributed by atoms with van der Waals surface area (Å²) < 4.78 is 6.92. The van der Waals surface area contributed by atoms with Gasteiger partial charge in [-0.3, -0.25) is 9.48 Å². The number of aryl methyl sites for hydroxylation is 1. The minimum atomic E-state index is -0.433. The largest absolute Gasteiger partial charge is 0.462 e. The highest BCUT2D eigenvalue weighted by Crippen LogP contribution is 2.24. The van der Waals surface area contributed by atoms with Crippen molar-refractivity contribution in [1.82, 2.24) is 9.78 Å². The number of ether oxygens (including phenoxy) is 1. The Morgan fingerprint density at radius 1 is 1.00 bits per heavy atom. The van der Waals surface area contributed by atoms with Crippen LogP contribution in [0.5, 0.6) is 0 Å². The molecule has 7 nitrogen and oxygen atoms in total. The number of anilines is 1. The molecule has 0 aliphatic carbocycles. The number of unbranched alkanes of at least 4 members (excludes halogenated alkanes) is 1. The van der Waals surface area contributed by atoms with Gasteiger partial charge in [0.25, 0.3) is 5.91 Å². The first-order chi connectivity index (χ1) is 18.5. The zero-order valence-electron chi connectivity index (χ0n) is 21.6. The SMILES string of the molecule is CCCCc1cc(C(=O)Nc2cccc(C(=O)OCC)c2)nn1Cc1ccc(-c2ccccc2C#N)cc1. The summed E-state index contributed by atoms with van der Waals surface area (Å²) in [5.74, 6) is -0.775. The van der Waals surface area contributed by atoms with Crippen LogP contribution in [0.2, 0.25) is 0 Å². The Morgan fingerprint density at radius 2 is 1.79 bits per heavy atom. The van der Waals surface area contributed by atoms with Crippen LogP contribution in [0.25, 0.3) is 11.1 Å². The first-order valence-corrected chi connectivity index (χ1v) is 12.8. The van der Waals surface area contributed by atoms with Crippen molar-refractivity contribution >= 4 is 17.6 Å². The Labute approximate surface area is 222 Å². The molecule has 192 valence electrons. The second-order valence-electron chi connectivity index (χ2n) is 8.89. The third-order valence-electron chi connectivity index (χ3n) is 6.16. The van der Waals surface area contributed by atoms with Gasteiger partial charge in [-0.25, -0.2) is 4.79 Å². The predicted molar refractivity (Wildman–Crippen MR) is 147 cm³/mol. The van der Waals surface area contributed by atoms with E-state index in [-0.39, 0.29) is 12.5 Å². The number of esters is 1. The van der Waals surface area contributed by atoms with E-state index in [9.17, 15) is 14.9 Å². The van der Waals surface area contributed by atoms with Gasteiger partial charge in [-0.15, -0.1) is 0 Å². The fraction of sp³-hybridized carbons (Fsp3) is 0.226. The molecular weight excluding hydrogens is 476 g/mol. The van der Waals surface area contributed by atoms with Crippen LogP contribution in [0.15, 0.2) is 78.9 Å². The topological polar surface area (TPSA) is 97.0 Å². The number of nitrogens with one attached hydrogen (secondary N) is 1. The van der Waals surface area contributed by atoms with Crippen LogP contribution in [0.1, 0.15) is 64.4 Å². The zero-order valence-corrected chi connectivity index (χ0v) is 21.6. The van der Waals surface area contributed by atoms with Crippen molar-refractivity contribution in [2.24, 2.45) is 0 Å². The minimum absolute atomic E-state index is 0.281. The molecule has 7 heteroatoms. The smallest absolute Gasteiger partial charge is 0.338 e. The molecule has 1 amide bonds. The molecular formula is C31H30N4O3. The van der Waals surface area contributed by atoms with E-state index in [0.717, 1.165) is 41.6 Å². The molecule has 0 saturated carbocycles. The summed E-state index contributed by atoms with van der Waals surface area (Å²) in [6.45, 7) is 4.68. The van der Waals surface area contributed by atoms with Gasteiger partial charge in [0.05, 0.1) is 30.3 Å². The number of nitrogens with zero attached hydrogens (tertiary/aromatic N) is 3. The van der Waals surface area contributed by atoms with Gasteiger partial charge in [0.2, 0.25) is 0 Å². The summed E-state index contributed by atoms with van der Waals surface area (Å²) in [4.78, 5) is 25.1. The van der Waals surface area contributed by atoms with E-state index in [4.69, 9.17) is 4.74 Å². The third-order valence-corrected chi connectivity index (χ3v) is 6.16. The summed E-state index contributed by atoms with van der Waals surface area (Å²) in [6, 6.07) is 26.3. The molecule has 0 aliphatic heterocycles. The lowest BCUT2D eigenvalue weighted by Crippen LogP contribution is -2.14. The van der Waals surface area contributed by atoms with Crippen LogP contribution in [0, 0.1) is 11.3 Å². The van der Waals surface area contributed by atoms with Crippen molar-refractivity contribution in [1.29, 1.82) is 5.26 Å². The van der Waals surface area contributed by atoms with Gasteiger partial charge in [0.1, 0.15) is 0 Å². The number of benzene rings is 3. The lowest BCUT2D eigenvalue weighted by Gasteiger charge is -2.09. The van der Waals surface area contributed by atoms with Crippen LogP contribution < -0.4 is 5.32 Å². The summed E-state index contributed by atoms with van der Waals surface area (Å²) >= 11 is 0. The lowest BCUT2D eigenvalue weighted by molar-refractivity contribution is 0.0526. The molecule has 38 heavy (non-hydrogen) atoms. The van der Waals surface area contributed by atoms with Crippen molar-refractivity contribution in [2.75, 3.05) is 11.9 Å². The average Bonchev–Trinajstić information content (AvgIpc) is 3.35. The molecule has 0 atom stereocenters. The number of carbonyl (C=O) groups is 2. The highest BCUT2D eigenvalue weighted by Gasteiger charge is 2.16. The van der Waals surface area contributed by atoms with Gasteiger partial charge >= 0.3 is 5.97 Å². The van der Waals surface area contributed by atoms with Crippen LogP contribution in [-0.4, -0.2) is 28.3 Å². The lowest BCUT2D eigenvalue weighted by atomic mass is 9.99. The molecule has 1 heterocycles. The number of nitriles is 1. The summed E-state index contributed by atoms with van der Waals surface area (Å²) in [5, 5.41) is 16.9. The van der Waals surface area contributed by atoms with Crippen molar-refractivity contribution in [3.63, 3.8) is 0 Å². The third kappa shape index (κ3) is 6.34. The Balaban J connectivity index is 1.53. The first-order valence-electron chi connectivity index (χ1n) is 12.8. The quantitative estimate of drug-likeness (QED) is 0.257. The van der Waals surface area contributed by atoms with E-state index in [0.29, 0.717) is 29.1 Å². The van der Waals surface area contributed by atoms with Crippen molar-refractivity contribution < 1.29 is 14.3 Å². The van der Waals surface area contributed by atoms with Crippen molar-refractivity contribution in [3.05, 3.63) is 107 Å². The zero-order chi connectivity index (χ0) is 26.9. The van der Waals surface area contributed by atoms with Crippen molar-refractivity contribution in [3.8, 4) is 17.2 Å². The fourth-order valence-electron chi connectivity index (χ4n) is 4.19. The van der Waals surface area contributed by atoms with Crippen LogP contribution in [0.4, 0.5) is 5.69 Å².